The van der Waals surface area contributed by atoms with Crippen molar-refractivity contribution in [1.29, 1.82) is 0 Å². The van der Waals surface area contributed by atoms with E-state index >= 15 is 0 Å². The highest BCUT2D eigenvalue weighted by atomic mass is 16.3. The molecule has 24 heavy (non-hydrogen) atoms. The number of likely N-dealkylation sites (tertiary alicyclic amines) is 1. The number of hydrogen-bond acceptors (Lipinski definition) is 2. The molecule has 3 nitrogen and oxygen atoms in total. The summed E-state index contributed by atoms with van der Waals surface area (Å²) in [5, 5.41) is 10.4. The van der Waals surface area contributed by atoms with Crippen LogP contribution in [0.15, 0.2) is 48.5 Å². The minimum absolute atomic E-state index is 0.0161. The van der Waals surface area contributed by atoms with Crippen LogP contribution in [0.25, 0.3) is 0 Å². The van der Waals surface area contributed by atoms with Gasteiger partial charge in [-0.25, -0.2) is 0 Å². The summed E-state index contributed by atoms with van der Waals surface area (Å²) in [6.07, 6.45) is 0.738. The molecule has 0 aromatic heterocycles. The molecule has 0 aliphatic carbocycles. The van der Waals surface area contributed by atoms with E-state index in [1.54, 1.807) is 4.90 Å². The Bertz CT molecular complexity index is 734. The molecule has 3 heteroatoms. The minimum atomic E-state index is -0.804. The van der Waals surface area contributed by atoms with Crippen LogP contribution in [0.4, 0.5) is 0 Å². The van der Waals surface area contributed by atoms with E-state index in [-0.39, 0.29) is 11.8 Å². The summed E-state index contributed by atoms with van der Waals surface area (Å²) in [7, 11) is 0. The van der Waals surface area contributed by atoms with Crippen molar-refractivity contribution in [3.05, 3.63) is 70.8 Å². The Hall–Kier alpha value is -2.13. The maximum atomic E-state index is 13.0. The highest BCUT2D eigenvalue weighted by Gasteiger charge is 2.40. The molecule has 2 aromatic rings. The summed E-state index contributed by atoms with van der Waals surface area (Å²) in [6.45, 7) is 6.87. The third-order valence-electron chi connectivity index (χ3n) is 5.12. The lowest BCUT2D eigenvalue weighted by Gasteiger charge is -2.21. The average molecular weight is 323 g/mol. The lowest BCUT2D eigenvalue weighted by atomic mass is 9.95. The van der Waals surface area contributed by atoms with Crippen LogP contribution in [-0.2, 0) is 6.42 Å². The molecule has 1 saturated heterocycles. The molecule has 0 spiro atoms. The summed E-state index contributed by atoms with van der Waals surface area (Å²) >= 11 is 0. The number of carbonyl (C=O) groups excluding carboxylic acids is 1. The molecule has 0 bridgehead atoms. The van der Waals surface area contributed by atoms with Gasteiger partial charge in [-0.1, -0.05) is 55.0 Å². The molecule has 0 saturated carbocycles. The Morgan fingerprint density at radius 1 is 1.21 bits per heavy atom. The van der Waals surface area contributed by atoms with Crippen molar-refractivity contribution in [2.45, 2.75) is 32.8 Å². The van der Waals surface area contributed by atoms with E-state index in [4.69, 9.17) is 0 Å². The van der Waals surface area contributed by atoms with E-state index in [1.165, 1.54) is 11.1 Å². The molecular weight excluding hydrogens is 298 g/mol. The predicted octanol–water partition coefficient (Wildman–Crippen LogP) is 3.43. The zero-order chi connectivity index (χ0) is 17.3. The first-order valence-corrected chi connectivity index (χ1v) is 8.52. The number of hydrogen-bond donors (Lipinski definition) is 1. The molecule has 1 aliphatic heterocycles. The number of benzene rings is 2. The second kappa shape index (κ2) is 6.40. The number of carbonyl (C=O) groups is 1. The summed E-state index contributed by atoms with van der Waals surface area (Å²) in [4.78, 5) is 14.7. The SMILES string of the molecule is Cc1ccc(Cc2ccccc2C(=O)N2C[C@@H](C)[C@@](C)(O)C2)cc1. The number of β-amino-alcohol motifs (C(OH)–C–C–N with tert-alkyl or cyclic N) is 1. The van der Waals surface area contributed by atoms with Gasteiger partial charge in [0.25, 0.3) is 5.91 Å². The standard InChI is InChI=1S/C21H25NO2/c1-15-8-10-17(11-9-15)12-18-6-4-5-7-19(18)20(23)22-13-16(2)21(3,24)14-22/h4-11,16,24H,12-14H2,1-3H3/t16-,21+/m1/s1. The maximum Gasteiger partial charge on any atom is 0.254 e. The van der Waals surface area contributed by atoms with Crippen LogP contribution in [0, 0.1) is 12.8 Å². The molecule has 2 aromatic carbocycles. The molecule has 1 N–H and O–H groups in total. The van der Waals surface area contributed by atoms with E-state index in [9.17, 15) is 9.90 Å². The Morgan fingerprint density at radius 2 is 1.88 bits per heavy atom. The van der Waals surface area contributed by atoms with Gasteiger partial charge in [-0.2, -0.15) is 0 Å². The van der Waals surface area contributed by atoms with Crippen LogP contribution in [0.2, 0.25) is 0 Å². The largest absolute Gasteiger partial charge is 0.388 e. The number of rotatable bonds is 3. The lowest BCUT2D eigenvalue weighted by Crippen LogP contribution is -2.35. The number of amides is 1. The summed E-state index contributed by atoms with van der Waals surface area (Å²) < 4.78 is 0. The maximum absolute atomic E-state index is 13.0. The van der Waals surface area contributed by atoms with Gasteiger partial charge in [0.15, 0.2) is 0 Å². The van der Waals surface area contributed by atoms with Gasteiger partial charge >= 0.3 is 0 Å². The molecule has 3 rings (SSSR count). The van der Waals surface area contributed by atoms with Gasteiger partial charge in [-0.3, -0.25) is 4.79 Å². The van der Waals surface area contributed by atoms with Gasteiger partial charge < -0.3 is 10.0 Å². The molecule has 0 unspecified atom stereocenters. The normalized spacial score (nSPS) is 23.5. The molecular formula is C21H25NO2. The number of aryl methyl sites for hydroxylation is 1. The van der Waals surface area contributed by atoms with Crippen LogP contribution in [-0.4, -0.2) is 34.6 Å². The number of nitrogens with zero attached hydrogens (tertiary/aromatic N) is 1. The van der Waals surface area contributed by atoms with Crippen LogP contribution in [0.1, 0.15) is 40.9 Å². The van der Waals surface area contributed by atoms with Crippen LogP contribution >= 0.6 is 0 Å². The second-order valence-electron chi connectivity index (χ2n) is 7.26. The topological polar surface area (TPSA) is 40.5 Å². The average Bonchev–Trinajstić information content (AvgIpc) is 2.83. The van der Waals surface area contributed by atoms with Crippen LogP contribution < -0.4 is 0 Å². The molecule has 1 amide bonds. The molecule has 1 aliphatic rings. The van der Waals surface area contributed by atoms with Crippen molar-refractivity contribution in [1.82, 2.24) is 4.90 Å². The number of aliphatic hydroxyl groups is 1. The predicted molar refractivity (Wildman–Crippen MR) is 96.1 cm³/mol. The Kier molecular flexibility index (Phi) is 4.46. The second-order valence-corrected chi connectivity index (χ2v) is 7.26. The highest BCUT2D eigenvalue weighted by molar-refractivity contribution is 5.96. The lowest BCUT2D eigenvalue weighted by molar-refractivity contribution is 0.0351. The van der Waals surface area contributed by atoms with Crippen molar-refractivity contribution in [2.24, 2.45) is 5.92 Å². The Morgan fingerprint density at radius 3 is 2.50 bits per heavy atom. The molecule has 1 fully saturated rings. The van der Waals surface area contributed by atoms with E-state index in [0.29, 0.717) is 13.1 Å². The van der Waals surface area contributed by atoms with Crippen molar-refractivity contribution in [2.75, 3.05) is 13.1 Å². The van der Waals surface area contributed by atoms with Crippen LogP contribution in [0.3, 0.4) is 0 Å². The summed E-state index contributed by atoms with van der Waals surface area (Å²) in [5.74, 6) is 0.105. The highest BCUT2D eigenvalue weighted by Crippen LogP contribution is 2.28. The fraction of sp³-hybridized carbons (Fsp3) is 0.381. The summed E-state index contributed by atoms with van der Waals surface area (Å²) in [6, 6.07) is 16.2. The third-order valence-corrected chi connectivity index (χ3v) is 5.12. The van der Waals surface area contributed by atoms with Gasteiger partial charge in [0.05, 0.1) is 5.60 Å². The van der Waals surface area contributed by atoms with Crippen LogP contribution in [0.5, 0.6) is 0 Å². The van der Waals surface area contributed by atoms with Crippen molar-refractivity contribution in [3.63, 3.8) is 0 Å². The molecule has 1 heterocycles. The first-order chi connectivity index (χ1) is 11.4. The van der Waals surface area contributed by atoms with E-state index in [0.717, 1.165) is 17.5 Å². The van der Waals surface area contributed by atoms with Gasteiger partial charge in [0, 0.05) is 24.6 Å². The van der Waals surface area contributed by atoms with Gasteiger partial charge in [-0.15, -0.1) is 0 Å². The fourth-order valence-electron chi connectivity index (χ4n) is 3.27. The quantitative estimate of drug-likeness (QED) is 0.940. The van der Waals surface area contributed by atoms with E-state index in [2.05, 4.69) is 31.2 Å². The zero-order valence-corrected chi connectivity index (χ0v) is 14.6. The van der Waals surface area contributed by atoms with E-state index in [1.807, 2.05) is 38.1 Å². The Balaban J connectivity index is 1.84. The minimum Gasteiger partial charge on any atom is -0.388 e. The van der Waals surface area contributed by atoms with Crippen molar-refractivity contribution >= 4 is 5.91 Å². The smallest absolute Gasteiger partial charge is 0.254 e. The van der Waals surface area contributed by atoms with Gasteiger partial charge in [0.1, 0.15) is 0 Å². The van der Waals surface area contributed by atoms with Crippen molar-refractivity contribution < 1.29 is 9.90 Å². The zero-order valence-electron chi connectivity index (χ0n) is 14.6. The first-order valence-electron chi connectivity index (χ1n) is 8.52. The Labute approximate surface area is 143 Å². The summed E-state index contributed by atoms with van der Waals surface area (Å²) in [5.41, 5.74) is 3.40. The fourth-order valence-corrected chi connectivity index (χ4v) is 3.27. The first kappa shape index (κ1) is 16.7. The molecule has 126 valence electrons. The van der Waals surface area contributed by atoms with Gasteiger partial charge in [-0.05, 0) is 37.5 Å². The van der Waals surface area contributed by atoms with E-state index < -0.39 is 5.60 Å². The molecule has 0 radical (unpaired) electrons. The van der Waals surface area contributed by atoms with Crippen molar-refractivity contribution in [3.8, 4) is 0 Å². The third kappa shape index (κ3) is 3.36. The van der Waals surface area contributed by atoms with Gasteiger partial charge in [0.2, 0.25) is 0 Å². The molecule has 2 atom stereocenters. The monoisotopic (exact) mass is 323 g/mol.